The van der Waals surface area contributed by atoms with Crippen molar-refractivity contribution in [1.82, 2.24) is 0 Å². The molecule has 0 aromatic carbocycles. The Kier molecular flexibility index (Phi) is 3.17. The fraction of sp³-hybridized carbons (Fsp3) is 0.333. The summed E-state index contributed by atoms with van der Waals surface area (Å²) in [6, 6.07) is 1.80. The fourth-order valence-electron chi connectivity index (χ4n) is 1.09. The summed E-state index contributed by atoms with van der Waals surface area (Å²) in [5, 5.41) is 0. The van der Waals surface area contributed by atoms with E-state index < -0.39 is 0 Å². The predicted molar refractivity (Wildman–Crippen MR) is 49.1 cm³/mol. The molecule has 0 spiro atoms. The lowest BCUT2D eigenvalue weighted by Gasteiger charge is -1.91. The van der Waals surface area contributed by atoms with Crippen molar-refractivity contribution < 1.29 is 9.59 Å². The minimum Gasteiger partial charge on any atom is -0.297 e. The highest BCUT2D eigenvalue weighted by Crippen LogP contribution is 2.20. The smallest absolute Gasteiger partial charge is 0.160 e. The Morgan fingerprint density at radius 3 is 2.67 bits per heavy atom. The zero-order valence-corrected chi connectivity index (χ0v) is 7.69. The molecule has 0 aliphatic carbocycles. The number of hydrogen-bond acceptors (Lipinski definition) is 3. The Balaban J connectivity index is 2.98. The van der Waals surface area contributed by atoms with Gasteiger partial charge in [0.1, 0.15) is 0 Å². The van der Waals surface area contributed by atoms with Gasteiger partial charge in [0.25, 0.3) is 0 Å². The Hall–Kier alpha value is -0.960. The van der Waals surface area contributed by atoms with Crippen molar-refractivity contribution in [2.75, 3.05) is 0 Å². The van der Waals surface area contributed by atoms with Gasteiger partial charge in [0.2, 0.25) is 0 Å². The molecule has 0 amide bonds. The topological polar surface area (TPSA) is 34.1 Å². The zero-order chi connectivity index (χ0) is 8.97. The monoisotopic (exact) mass is 182 g/mol. The summed E-state index contributed by atoms with van der Waals surface area (Å²) in [5.74, 6) is 0. The summed E-state index contributed by atoms with van der Waals surface area (Å²) in [6.07, 6.45) is 3.48. The summed E-state index contributed by atoms with van der Waals surface area (Å²) < 4.78 is 0. The van der Waals surface area contributed by atoms with Gasteiger partial charge in [-0.2, -0.15) is 0 Å². The fourth-order valence-corrected chi connectivity index (χ4v) is 1.93. The van der Waals surface area contributed by atoms with Crippen LogP contribution >= 0.6 is 11.3 Å². The van der Waals surface area contributed by atoms with Crippen LogP contribution in [0, 0.1) is 0 Å². The Morgan fingerprint density at radius 1 is 1.42 bits per heavy atom. The number of aldehydes is 2. The van der Waals surface area contributed by atoms with Gasteiger partial charge < -0.3 is 0 Å². The Morgan fingerprint density at radius 2 is 2.17 bits per heavy atom. The number of carbonyl (C=O) groups is 2. The maximum atomic E-state index is 10.5. The second-order valence-electron chi connectivity index (χ2n) is 2.52. The van der Waals surface area contributed by atoms with E-state index in [2.05, 4.69) is 0 Å². The van der Waals surface area contributed by atoms with E-state index in [4.69, 9.17) is 0 Å². The SMILES string of the molecule is CCCc1cc(C=O)sc1C=O. The summed E-state index contributed by atoms with van der Waals surface area (Å²) >= 11 is 1.26. The third kappa shape index (κ3) is 1.80. The highest BCUT2D eigenvalue weighted by Gasteiger charge is 2.06. The lowest BCUT2D eigenvalue weighted by molar-refractivity contribution is 0.111. The molecule has 0 saturated heterocycles. The maximum Gasteiger partial charge on any atom is 0.160 e. The largest absolute Gasteiger partial charge is 0.297 e. The maximum absolute atomic E-state index is 10.5. The molecule has 1 aromatic rings. The quantitative estimate of drug-likeness (QED) is 0.670. The molecule has 1 heterocycles. The minimum atomic E-state index is 0.639. The molecule has 12 heavy (non-hydrogen) atoms. The molecule has 0 saturated carbocycles. The molecule has 0 fully saturated rings. The minimum absolute atomic E-state index is 0.639. The molecule has 0 radical (unpaired) electrons. The molecule has 0 aliphatic heterocycles. The molecule has 0 aliphatic rings. The van der Waals surface area contributed by atoms with Crippen LogP contribution in [-0.2, 0) is 6.42 Å². The molecule has 1 aromatic heterocycles. The van der Waals surface area contributed by atoms with Crippen molar-refractivity contribution in [3.63, 3.8) is 0 Å². The van der Waals surface area contributed by atoms with Crippen LogP contribution in [0.5, 0.6) is 0 Å². The third-order valence-electron chi connectivity index (χ3n) is 1.60. The normalized spacial score (nSPS) is 9.75. The molecule has 0 atom stereocenters. The van der Waals surface area contributed by atoms with Crippen molar-refractivity contribution >= 4 is 23.9 Å². The van der Waals surface area contributed by atoms with E-state index in [1.54, 1.807) is 6.07 Å². The summed E-state index contributed by atoms with van der Waals surface area (Å²) in [7, 11) is 0. The van der Waals surface area contributed by atoms with Crippen molar-refractivity contribution in [3.8, 4) is 0 Å². The van der Waals surface area contributed by atoms with Crippen LogP contribution in [0.3, 0.4) is 0 Å². The molecule has 64 valence electrons. The Labute approximate surface area is 75.2 Å². The van der Waals surface area contributed by atoms with Crippen molar-refractivity contribution in [3.05, 3.63) is 21.4 Å². The van der Waals surface area contributed by atoms with Gasteiger partial charge in [-0.15, -0.1) is 11.3 Å². The number of carbonyl (C=O) groups excluding carboxylic acids is 2. The standard InChI is InChI=1S/C9H10O2S/c1-2-3-7-4-8(5-10)12-9(7)6-11/h4-6H,2-3H2,1H3. The van der Waals surface area contributed by atoms with Gasteiger partial charge in [0.05, 0.1) is 9.75 Å². The van der Waals surface area contributed by atoms with Crippen LogP contribution < -0.4 is 0 Å². The number of aryl methyl sites for hydroxylation is 1. The molecule has 3 heteroatoms. The third-order valence-corrected chi connectivity index (χ3v) is 2.63. The summed E-state index contributed by atoms with van der Waals surface area (Å²) in [4.78, 5) is 22.2. The highest BCUT2D eigenvalue weighted by molar-refractivity contribution is 7.15. The van der Waals surface area contributed by atoms with Crippen LogP contribution in [0.15, 0.2) is 6.07 Å². The number of thiophene rings is 1. The zero-order valence-electron chi connectivity index (χ0n) is 6.87. The van der Waals surface area contributed by atoms with Crippen LogP contribution in [0.25, 0.3) is 0 Å². The molecule has 0 N–H and O–H groups in total. The van der Waals surface area contributed by atoms with Crippen LogP contribution in [0.4, 0.5) is 0 Å². The second kappa shape index (κ2) is 4.16. The van der Waals surface area contributed by atoms with E-state index in [-0.39, 0.29) is 0 Å². The molecule has 0 unspecified atom stereocenters. The van der Waals surface area contributed by atoms with E-state index in [1.165, 1.54) is 11.3 Å². The average molecular weight is 182 g/mol. The first-order valence-corrected chi connectivity index (χ1v) is 4.66. The lowest BCUT2D eigenvalue weighted by atomic mass is 10.1. The first-order valence-electron chi connectivity index (χ1n) is 3.85. The average Bonchev–Trinajstić information content (AvgIpc) is 2.48. The van der Waals surface area contributed by atoms with Crippen LogP contribution in [0.1, 0.15) is 38.3 Å². The molecule has 2 nitrogen and oxygen atoms in total. The molecular formula is C9H10O2S. The molecule has 0 bridgehead atoms. The first kappa shape index (κ1) is 9.13. The Bertz CT molecular complexity index is 289. The lowest BCUT2D eigenvalue weighted by Crippen LogP contribution is -1.83. The highest BCUT2D eigenvalue weighted by atomic mass is 32.1. The van der Waals surface area contributed by atoms with Crippen molar-refractivity contribution in [1.29, 1.82) is 0 Å². The van der Waals surface area contributed by atoms with Gasteiger partial charge >= 0.3 is 0 Å². The van der Waals surface area contributed by atoms with E-state index in [1.807, 2.05) is 6.92 Å². The number of hydrogen-bond donors (Lipinski definition) is 0. The van der Waals surface area contributed by atoms with Gasteiger partial charge in [-0.25, -0.2) is 0 Å². The van der Waals surface area contributed by atoms with Gasteiger partial charge in [-0.05, 0) is 18.1 Å². The van der Waals surface area contributed by atoms with Gasteiger partial charge in [0.15, 0.2) is 12.6 Å². The predicted octanol–water partition coefficient (Wildman–Crippen LogP) is 2.33. The number of rotatable bonds is 4. The molecule has 1 rings (SSSR count). The van der Waals surface area contributed by atoms with Gasteiger partial charge in [-0.1, -0.05) is 13.3 Å². The summed E-state index contributed by atoms with van der Waals surface area (Å²) in [5.41, 5.74) is 1.000. The van der Waals surface area contributed by atoms with Crippen LogP contribution in [-0.4, -0.2) is 12.6 Å². The summed E-state index contributed by atoms with van der Waals surface area (Å²) in [6.45, 7) is 2.05. The van der Waals surface area contributed by atoms with E-state index >= 15 is 0 Å². The van der Waals surface area contributed by atoms with Crippen LogP contribution in [0.2, 0.25) is 0 Å². The van der Waals surface area contributed by atoms with Gasteiger partial charge in [0, 0.05) is 0 Å². The van der Waals surface area contributed by atoms with E-state index in [9.17, 15) is 9.59 Å². The van der Waals surface area contributed by atoms with E-state index in [0.717, 1.165) is 31.0 Å². The van der Waals surface area contributed by atoms with E-state index in [0.29, 0.717) is 9.75 Å². The van der Waals surface area contributed by atoms with Crippen molar-refractivity contribution in [2.24, 2.45) is 0 Å². The molecular weight excluding hydrogens is 172 g/mol. The van der Waals surface area contributed by atoms with Crippen molar-refractivity contribution in [2.45, 2.75) is 19.8 Å². The van der Waals surface area contributed by atoms with Gasteiger partial charge in [-0.3, -0.25) is 9.59 Å². The second-order valence-corrected chi connectivity index (χ2v) is 3.64. The first-order chi connectivity index (χ1) is 5.81.